The van der Waals surface area contributed by atoms with Crippen LogP contribution in [-0.2, 0) is 0 Å². The summed E-state index contributed by atoms with van der Waals surface area (Å²) < 4.78 is 2.13. The van der Waals surface area contributed by atoms with Gasteiger partial charge in [-0.2, -0.15) is 0 Å². The van der Waals surface area contributed by atoms with Crippen LogP contribution in [0.4, 0.5) is 0 Å². The molecule has 0 amide bonds. The molecule has 0 saturated carbocycles. The molecule has 0 radical (unpaired) electrons. The second kappa shape index (κ2) is 7.28. The Kier molecular flexibility index (Phi) is 4.46. The minimum Gasteiger partial charge on any atom is -0.267 e. The van der Waals surface area contributed by atoms with E-state index in [1.807, 2.05) is 54.6 Å². The van der Waals surface area contributed by atoms with Crippen LogP contribution in [0.5, 0.6) is 0 Å². The summed E-state index contributed by atoms with van der Waals surface area (Å²) in [6, 6.07) is 25.6. The number of rotatable bonds is 3. The van der Waals surface area contributed by atoms with Gasteiger partial charge in [0.05, 0.1) is 9.55 Å². The number of fused-ring (bicyclic) bond motifs is 1. The zero-order valence-electron chi connectivity index (χ0n) is 15.1. The maximum Gasteiger partial charge on any atom is 0.276 e. The lowest BCUT2D eigenvalue weighted by Crippen LogP contribution is -2.23. The molecule has 0 bridgehead atoms. The standard InChI is InChI=1S/C23H14ClN3OS/c24-19-9-5-4-8-18(19)21-25-26-23-27(21)22(28)20(29-23)14-15-10-12-17(13-11-15)16-6-2-1-3-7-16/h1-14H. The Morgan fingerprint density at radius 2 is 1.52 bits per heavy atom. The van der Waals surface area contributed by atoms with Crippen LogP contribution in [0.25, 0.3) is 33.6 Å². The minimum atomic E-state index is -0.142. The second-order valence-corrected chi connectivity index (χ2v) is 7.94. The maximum atomic E-state index is 13.0. The summed E-state index contributed by atoms with van der Waals surface area (Å²) in [5.41, 5.74) is 3.80. The average molecular weight is 416 g/mol. The average Bonchev–Trinajstić information content (AvgIpc) is 3.30. The maximum absolute atomic E-state index is 13.0. The number of hydrogen-bond donors (Lipinski definition) is 0. The van der Waals surface area contributed by atoms with E-state index in [-0.39, 0.29) is 5.56 Å². The highest BCUT2D eigenvalue weighted by atomic mass is 35.5. The summed E-state index contributed by atoms with van der Waals surface area (Å²) in [4.78, 5) is 13.6. The van der Waals surface area contributed by atoms with Gasteiger partial charge < -0.3 is 0 Å². The summed E-state index contributed by atoms with van der Waals surface area (Å²) in [6.45, 7) is 0. The van der Waals surface area contributed by atoms with Crippen LogP contribution in [0.2, 0.25) is 5.02 Å². The van der Waals surface area contributed by atoms with Gasteiger partial charge >= 0.3 is 0 Å². The molecule has 0 aliphatic carbocycles. The van der Waals surface area contributed by atoms with Crippen LogP contribution < -0.4 is 10.1 Å². The highest BCUT2D eigenvalue weighted by Crippen LogP contribution is 2.26. The molecule has 0 unspecified atom stereocenters. The molecule has 3 aromatic carbocycles. The third kappa shape index (κ3) is 3.24. The number of halogens is 1. The van der Waals surface area contributed by atoms with E-state index in [4.69, 9.17) is 11.6 Å². The van der Waals surface area contributed by atoms with E-state index in [9.17, 15) is 4.79 Å². The lowest BCUT2D eigenvalue weighted by molar-refractivity contribution is 1.09. The molecule has 2 aromatic heterocycles. The van der Waals surface area contributed by atoms with Crippen LogP contribution in [0, 0.1) is 0 Å². The number of benzene rings is 3. The fraction of sp³-hybridized carbons (Fsp3) is 0. The topological polar surface area (TPSA) is 47.3 Å². The Balaban J connectivity index is 1.58. The smallest absolute Gasteiger partial charge is 0.267 e. The molecule has 4 nitrogen and oxygen atoms in total. The van der Waals surface area contributed by atoms with E-state index in [1.165, 1.54) is 15.7 Å². The van der Waals surface area contributed by atoms with Gasteiger partial charge in [-0.3, -0.25) is 4.79 Å². The molecule has 0 N–H and O–H groups in total. The Labute approximate surface area is 175 Å². The lowest BCUT2D eigenvalue weighted by Gasteiger charge is -2.01. The van der Waals surface area contributed by atoms with E-state index < -0.39 is 0 Å². The molecule has 0 aliphatic heterocycles. The van der Waals surface area contributed by atoms with Crippen molar-refractivity contribution in [2.24, 2.45) is 0 Å². The Hall–Kier alpha value is -3.28. The fourth-order valence-electron chi connectivity index (χ4n) is 3.23. The molecule has 0 spiro atoms. The van der Waals surface area contributed by atoms with Crippen LogP contribution in [0.3, 0.4) is 0 Å². The van der Waals surface area contributed by atoms with Crippen molar-refractivity contribution in [2.75, 3.05) is 0 Å². The number of hydrogen-bond acceptors (Lipinski definition) is 4. The Bertz CT molecular complexity index is 1420. The van der Waals surface area contributed by atoms with Crippen molar-refractivity contribution in [3.05, 3.63) is 104 Å². The molecule has 0 saturated heterocycles. The van der Waals surface area contributed by atoms with Crippen molar-refractivity contribution in [3.63, 3.8) is 0 Å². The molecule has 0 aliphatic rings. The Morgan fingerprint density at radius 3 is 2.28 bits per heavy atom. The second-order valence-electron chi connectivity index (χ2n) is 6.53. The van der Waals surface area contributed by atoms with Gasteiger partial charge in [0, 0.05) is 5.56 Å². The SMILES string of the molecule is O=c1c(=Cc2ccc(-c3ccccc3)cc2)sc2nnc(-c3ccccc3Cl)n12. The minimum absolute atomic E-state index is 0.142. The van der Waals surface area contributed by atoms with Gasteiger partial charge in [-0.15, -0.1) is 10.2 Å². The first-order valence-corrected chi connectivity index (χ1v) is 10.2. The molecular formula is C23H14ClN3OS. The molecule has 0 atom stereocenters. The van der Waals surface area contributed by atoms with Crippen molar-refractivity contribution in [1.82, 2.24) is 14.6 Å². The third-order valence-electron chi connectivity index (χ3n) is 4.68. The van der Waals surface area contributed by atoms with E-state index in [0.717, 1.165) is 16.7 Å². The predicted molar refractivity (Wildman–Crippen MR) is 118 cm³/mol. The summed E-state index contributed by atoms with van der Waals surface area (Å²) in [7, 11) is 0. The highest BCUT2D eigenvalue weighted by Gasteiger charge is 2.16. The van der Waals surface area contributed by atoms with E-state index in [0.29, 0.717) is 25.9 Å². The van der Waals surface area contributed by atoms with Crippen LogP contribution in [-0.4, -0.2) is 14.6 Å². The van der Waals surface area contributed by atoms with Gasteiger partial charge in [-0.25, -0.2) is 4.40 Å². The number of nitrogens with zero attached hydrogens (tertiary/aromatic N) is 3. The lowest BCUT2D eigenvalue weighted by atomic mass is 10.0. The summed E-state index contributed by atoms with van der Waals surface area (Å²) in [5.74, 6) is 0.464. The third-order valence-corrected chi connectivity index (χ3v) is 5.97. The van der Waals surface area contributed by atoms with Gasteiger partial charge in [0.1, 0.15) is 0 Å². The van der Waals surface area contributed by atoms with Crippen molar-refractivity contribution >= 4 is 34.0 Å². The quantitative estimate of drug-likeness (QED) is 0.429. The summed E-state index contributed by atoms with van der Waals surface area (Å²) >= 11 is 7.60. The van der Waals surface area contributed by atoms with Gasteiger partial charge in [0.2, 0.25) is 4.96 Å². The van der Waals surface area contributed by atoms with E-state index in [2.05, 4.69) is 34.5 Å². The summed E-state index contributed by atoms with van der Waals surface area (Å²) in [5, 5.41) is 8.87. The van der Waals surface area contributed by atoms with Crippen molar-refractivity contribution in [2.45, 2.75) is 0 Å². The highest BCUT2D eigenvalue weighted by molar-refractivity contribution is 7.15. The normalized spacial score (nSPS) is 12.0. The van der Waals surface area contributed by atoms with Crippen molar-refractivity contribution in [1.29, 1.82) is 0 Å². The first-order valence-electron chi connectivity index (χ1n) is 9.01. The molecule has 0 fully saturated rings. The van der Waals surface area contributed by atoms with Gasteiger partial charge in [0.25, 0.3) is 5.56 Å². The molecule has 5 rings (SSSR count). The molecule has 140 valence electrons. The molecule has 6 heteroatoms. The van der Waals surface area contributed by atoms with E-state index in [1.54, 1.807) is 6.07 Å². The van der Waals surface area contributed by atoms with E-state index >= 15 is 0 Å². The zero-order chi connectivity index (χ0) is 19.8. The number of thiazole rings is 1. The van der Waals surface area contributed by atoms with Crippen LogP contribution >= 0.6 is 22.9 Å². The molecule has 29 heavy (non-hydrogen) atoms. The van der Waals surface area contributed by atoms with Crippen molar-refractivity contribution in [3.8, 4) is 22.5 Å². The monoisotopic (exact) mass is 415 g/mol. The predicted octanol–water partition coefficient (Wildman–Crippen LogP) is 4.69. The van der Waals surface area contributed by atoms with Crippen LogP contribution in [0.1, 0.15) is 5.56 Å². The van der Waals surface area contributed by atoms with Gasteiger partial charge in [-0.1, -0.05) is 89.7 Å². The molecular weight excluding hydrogens is 402 g/mol. The van der Waals surface area contributed by atoms with Gasteiger partial charge in [-0.05, 0) is 34.9 Å². The van der Waals surface area contributed by atoms with Crippen molar-refractivity contribution < 1.29 is 0 Å². The molecule has 2 heterocycles. The molecule has 5 aromatic rings. The largest absolute Gasteiger partial charge is 0.276 e. The Morgan fingerprint density at radius 1 is 0.828 bits per heavy atom. The fourth-order valence-corrected chi connectivity index (χ4v) is 4.37. The zero-order valence-corrected chi connectivity index (χ0v) is 16.7. The van der Waals surface area contributed by atoms with Crippen LogP contribution in [0.15, 0.2) is 83.7 Å². The van der Waals surface area contributed by atoms with Gasteiger partial charge in [0.15, 0.2) is 5.82 Å². The first-order chi connectivity index (χ1) is 14.2. The number of aromatic nitrogens is 3. The first kappa shape index (κ1) is 17.8. The summed E-state index contributed by atoms with van der Waals surface area (Å²) in [6.07, 6.45) is 1.88.